The molecule has 0 fully saturated rings. The van der Waals surface area contributed by atoms with E-state index in [0.717, 1.165) is 5.56 Å². The fourth-order valence-electron chi connectivity index (χ4n) is 2.19. The lowest BCUT2D eigenvalue weighted by atomic mass is 9.77. The largest absolute Gasteiger partial charge is 0.497 e. The molecule has 96 valence electrons. The Hall–Kier alpha value is -1.88. The molecule has 1 atom stereocenters. The number of methoxy groups -OCH3 is 2. The van der Waals surface area contributed by atoms with Gasteiger partial charge in [0, 0.05) is 5.56 Å². The van der Waals surface area contributed by atoms with Crippen molar-refractivity contribution >= 4 is 11.8 Å². The maximum atomic E-state index is 12.3. The third-order valence-electron chi connectivity index (χ3n) is 3.30. The summed E-state index contributed by atoms with van der Waals surface area (Å²) in [6.45, 7) is 0. The molecule has 0 spiro atoms. The highest BCUT2D eigenvalue weighted by Gasteiger charge is 2.46. The lowest BCUT2D eigenvalue weighted by Crippen LogP contribution is -2.57. The van der Waals surface area contributed by atoms with Crippen molar-refractivity contribution < 1.29 is 19.1 Å². The minimum Gasteiger partial charge on any atom is -0.497 e. The van der Waals surface area contributed by atoms with Crippen LogP contribution in [0.3, 0.4) is 0 Å². The summed E-state index contributed by atoms with van der Waals surface area (Å²) < 4.78 is 9.72. The summed E-state index contributed by atoms with van der Waals surface area (Å²) in [6, 6.07) is 5.12. The Balaban J connectivity index is 2.43. The number of benzene rings is 1. The van der Waals surface area contributed by atoms with Gasteiger partial charge in [-0.1, -0.05) is 0 Å². The van der Waals surface area contributed by atoms with Gasteiger partial charge in [-0.25, -0.2) is 4.79 Å². The van der Waals surface area contributed by atoms with Crippen molar-refractivity contribution in [1.82, 2.24) is 0 Å². The second kappa shape index (κ2) is 4.42. The van der Waals surface area contributed by atoms with Crippen molar-refractivity contribution in [3.8, 4) is 5.75 Å². The number of rotatable bonds is 2. The second-order valence-electron chi connectivity index (χ2n) is 4.32. The van der Waals surface area contributed by atoms with Crippen LogP contribution in [0.1, 0.15) is 22.3 Å². The van der Waals surface area contributed by atoms with E-state index in [1.54, 1.807) is 25.3 Å². The molecule has 0 aromatic heterocycles. The van der Waals surface area contributed by atoms with Crippen LogP contribution in [-0.2, 0) is 16.0 Å². The molecule has 1 aliphatic carbocycles. The average molecular weight is 249 g/mol. The Morgan fingerprint density at radius 1 is 1.39 bits per heavy atom. The first-order valence-electron chi connectivity index (χ1n) is 5.62. The Morgan fingerprint density at radius 2 is 2.11 bits per heavy atom. The number of hydrogen-bond acceptors (Lipinski definition) is 5. The highest BCUT2D eigenvalue weighted by Crippen LogP contribution is 2.30. The minimum absolute atomic E-state index is 0.249. The van der Waals surface area contributed by atoms with Crippen molar-refractivity contribution in [1.29, 1.82) is 0 Å². The normalized spacial score (nSPS) is 22.3. The van der Waals surface area contributed by atoms with Crippen molar-refractivity contribution in [2.75, 3.05) is 14.2 Å². The smallest absolute Gasteiger partial charge is 0.334 e. The summed E-state index contributed by atoms with van der Waals surface area (Å²) in [6.07, 6.45) is 0.794. The molecule has 2 rings (SSSR count). The van der Waals surface area contributed by atoms with Gasteiger partial charge in [-0.15, -0.1) is 0 Å². The third kappa shape index (κ3) is 1.76. The van der Waals surface area contributed by atoms with E-state index in [0.29, 0.717) is 17.7 Å². The summed E-state index contributed by atoms with van der Waals surface area (Å²) in [5.74, 6) is -0.392. The predicted octanol–water partition coefficient (Wildman–Crippen LogP) is 0.695. The number of aryl methyl sites for hydroxylation is 1. The van der Waals surface area contributed by atoms with Crippen LogP contribution in [0.4, 0.5) is 0 Å². The predicted molar refractivity (Wildman–Crippen MR) is 64.6 cm³/mol. The van der Waals surface area contributed by atoms with E-state index in [9.17, 15) is 9.59 Å². The van der Waals surface area contributed by atoms with Crippen molar-refractivity contribution in [3.63, 3.8) is 0 Å². The van der Waals surface area contributed by atoms with E-state index >= 15 is 0 Å². The van der Waals surface area contributed by atoms with Crippen LogP contribution in [0.25, 0.3) is 0 Å². The van der Waals surface area contributed by atoms with Crippen LogP contribution in [0.2, 0.25) is 0 Å². The van der Waals surface area contributed by atoms with Gasteiger partial charge in [0.15, 0.2) is 11.3 Å². The standard InChI is InChI=1S/C13H15NO4/c1-17-9-3-4-10-8(7-9)5-6-13(14,11(10)15)12(16)18-2/h3-4,7H,5-6,14H2,1-2H3. The van der Waals surface area contributed by atoms with Gasteiger partial charge in [-0.05, 0) is 36.6 Å². The van der Waals surface area contributed by atoms with Crippen LogP contribution in [0.15, 0.2) is 18.2 Å². The molecule has 5 nitrogen and oxygen atoms in total. The fraction of sp³-hybridized carbons (Fsp3) is 0.385. The van der Waals surface area contributed by atoms with Gasteiger partial charge in [-0.2, -0.15) is 0 Å². The summed E-state index contributed by atoms with van der Waals surface area (Å²) in [7, 11) is 2.79. The number of nitrogens with two attached hydrogens (primary N) is 1. The molecule has 1 aromatic carbocycles. The molecular formula is C13H15NO4. The lowest BCUT2D eigenvalue weighted by molar-refractivity contribution is -0.145. The number of ether oxygens (including phenoxy) is 2. The third-order valence-corrected chi connectivity index (χ3v) is 3.30. The zero-order valence-electron chi connectivity index (χ0n) is 10.4. The van der Waals surface area contributed by atoms with E-state index in [1.165, 1.54) is 7.11 Å². The molecule has 0 saturated carbocycles. The molecule has 18 heavy (non-hydrogen) atoms. The number of esters is 1. The molecule has 0 saturated heterocycles. The molecule has 1 aliphatic rings. The Morgan fingerprint density at radius 3 is 2.72 bits per heavy atom. The van der Waals surface area contributed by atoms with E-state index in [4.69, 9.17) is 10.5 Å². The zero-order valence-corrected chi connectivity index (χ0v) is 10.4. The molecule has 0 bridgehead atoms. The highest BCUT2D eigenvalue weighted by molar-refractivity contribution is 6.17. The molecule has 0 amide bonds. The van der Waals surface area contributed by atoms with E-state index in [-0.39, 0.29) is 6.42 Å². The van der Waals surface area contributed by atoms with Crippen LogP contribution >= 0.6 is 0 Å². The monoisotopic (exact) mass is 249 g/mol. The number of hydrogen-bond donors (Lipinski definition) is 1. The van der Waals surface area contributed by atoms with Gasteiger partial charge in [0.1, 0.15) is 5.75 Å². The van der Waals surface area contributed by atoms with E-state index < -0.39 is 17.3 Å². The first-order valence-corrected chi connectivity index (χ1v) is 5.62. The molecular weight excluding hydrogens is 234 g/mol. The van der Waals surface area contributed by atoms with Gasteiger partial charge in [-0.3, -0.25) is 4.79 Å². The number of carbonyl (C=O) groups excluding carboxylic acids is 2. The summed E-state index contributed by atoms with van der Waals surface area (Å²) in [4.78, 5) is 23.9. The number of Topliss-reactive ketones (excluding diaryl/α,β-unsaturated/α-hetero) is 1. The van der Waals surface area contributed by atoms with Crippen LogP contribution < -0.4 is 10.5 Å². The second-order valence-corrected chi connectivity index (χ2v) is 4.32. The zero-order chi connectivity index (χ0) is 13.3. The Bertz CT molecular complexity index is 512. The summed E-state index contributed by atoms with van der Waals surface area (Å²) in [5.41, 5.74) is 5.65. The first kappa shape index (κ1) is 12.6. The Kier molecular flexibility index (Phi) is 3.09. The topological polar surface area (TPSA) is 78.6 Å². The minimum atomic E-state index is -1.56. The van der Waals surface area contributed by atoms with Crippen molar-refractivity contribution in [2.24, 2.45) is 5.73 Å². The molecule has 1 aromatic rings. The van der Waals surface area contributed by atoms with Crippen molar-refractivity contribution in [2.45, 2.75) is 18.4 Å². The molecule has 5 heteroatoms. The molecule has 1 unspecified atom stereocenters. The molecule has 0 radical (unpaired) electrons. The average Bonchev–Trinajstić information content (AvgIpc) is 2.41. The maximum Gasteiger partial charge on any atom is 0.334 e. The summed E-state index contributed by atoms with van der Waals surface area (Å²) >= 11 is 0. The number of fused-ring (bicyclic) bond motifs is 1. The van der Waals surface area contributed by atoms with Gasteiger partial charge < -0.3 is 15.2 Å². The fourth-order valence-corrected chi connectivity index (χ4v) is 2.19. The van der Waals surface area contributed by atoms with E-state index in [1.807, 2.05) is 0 Å². The van der Waals surface area contributed by atoms with Gasteiger partial charge in [0.2, 0.25) is 0 Å². The Labute approximate surface area is 105 Å². The van der Waals surface area contributed by atoms with E-state index in [2.05, 4.69) is 4.74 Å². The van der Waals surface area contributed by atoms with Gasteiger partial charge >= 0.3 is 5.97 Å². The SMILES string of the molecule is COC(=O)C1(N)CCc2cc(OC)ccc2C1=O. The maximum absolute atomic E-state index is 12.3. The first-order chi connectivity index (χ1) is 8.52. The molecule has 2 N–H and O–H groups in total. The van der Waals surface area contributed by atoms with Gasteiger partial charge in [0.05, 0.1) is 14.2 Å². The molecule has 0 heterocycles. The van der Waals surface area contributed by atoms with Gasteiger partial charge in [0.25, 0.3) is 0 Å². The molecule has 0 aliphatic heterocycles. The quantitative estimate of drug-likeness (QED) is 0.616. The summed E-state index contributed by atoms with van der Waals surface area (Å²) in [5, 5.41) is 0. The van der Waals surface area contributed by atoms with Crippen LogP contribution in [0, 0.1) is 0 Å². The van der Waals surface area contributed by atoms with Crippen LogP contribution in [0.5, 0.6) is 5.75 Å². The number of carbonyl (C=O) groups is 2. The van der Waals surface area contributed by atoms with Crippen molar-refractivity contribution in [3.05, 3.63) is 29.3 Å². The van der Waals surface area contributed by atoms with Crippen LogP contribution in [-0.4, -0.2) is 31.5 Å². The number of ketones is 1. The lowest BCUT2D eigenvalue weighted by Gasteiger charge is -2.30. The highest BCUT2D eigenvalue weighted by atomic mass is 16.5.